The van der Waals surface area contributed by atoms with Gasteiger partial charge in [0, 0.05) is 12.6 Å². The molecule has 1 aromatic carbocycles. The molecule has 21 heavy (non-hydrogen) atoms. The number of halogens is 3. The van der Waals surface area contributed by atoms with Crippen LogP contribution in [0.25, 0.3) is 0 Å². The van der Waals surface area contributed by atoms with E-state index in [0.717, 1.165) is 12.1 Å². The fraction of sp³-hybridized carbons (Fsp3) is 0.500. The Morgan fingerprint density at radius 2 is 1.90 bits per heavy atom. The zero-order valence-corrected chi connectivity index (χ0v) is 12.2. The standard InChI is InChI=1S/C14H19F3N2O2/c1-14(2,3)21-13(20)19-9(7-18)6-8-4-5-10(15)12(17)11(8)16/h4-5,9H,6-7,18H2,1-3H3,(H,19,20). The Hall–Kier alpha value is -1.76. The van der Waals surface area contributed by atoms with Crippen molar-refractivity contribution < 1.29 is 22.7 Å². The zero-order valence-electron chi connectivity index (χ0n) is 12.2. The van der Waals surface area contributed by atoms with Gasteiger partial charge in [-0.1, -0.05) is 6.07 Å². The molecule has 3 N–H and O–H groups in total. The van der Waals surface area contributed by atoms with E-state index in [0.29, 0.717) is 0 Å². The van der Waals surface area contributed by atoms with Gasteiger partial charge >= 0.3 is 6.09 Å². The maximum Gasteiger partial charge on any atom is 0.407 e. The summed E-state index contributed by atoms with van der Waals surface area (Å²) in [5.41, 5.74) is 4.74. The second-order valence-corrected chi connectivity index (χ2v) is 5.62. The van der Waals surface area contributed by atoms with Crippen LogP contribution in [-0.2, 0) is 11.2 Å². The van der Waals surface area contributed by atoms with Gasteiger partial charge in [0.2, 0.25) is 0 Å². The van der Waals surface area contributed by atoms with Crippen LogP contribution >= 0.6 is 0 Å². The molecule has 1 unspecified atom stereocenters. The minimum atomic E-state index is -1.54. The molecule has 1 atom stereocenters. The lowest BCUT2D eigenvalue weighted by atomic mass is 10.1. The fourth-order valence-electron chi connectivity index (χ4n) is 1.66. The van der Waals surface area contributed by atoms with Crippen LogP contribution in [0.15, 0.2) is 12.1 Å². The summed E-state index contributed by atoms with van der Waals surface area (Å²) in [5.74, 6) is -4.08. The minimum Gasteiger partial charge on any atom is -0.444 e. The Balaban J connectivity index is 2.75. The molecule has 0 radical (unpaired) electrons. The van der Waals surface area contributed by atoms with Crippen molar-refractivity contribution in [3.8, 4) is 0 Å². The SMILES string of the molecule is CC(C)(C)OC(=O)NC(CN)Cc1ccc(F)c(F)c1F. The summed E-state index contributed by atoms with van der Waals surface area (Å²) >= 11 is 0. The number of rotatable bonds is 4. The Morgan fingerprint density at radius 1 is 1.29 bits per heavy atom. The summed E-state index contributed by atoms with van der Waals surface area (Å²) in [6.45, 7) is 5.08. The van der Waals surface area contributed by atoms with Gasteiger partial charge in [0.15, 0.2) is 17.5 Å². The number of alkyl carbamates (subject to hydrolysis) is 1. The molecule has 0 aromatic heterocycles. The van der Waals surface area contributed by atoms with Crippen molar-refractivity contribution in [2.75, 3.05) is 6.54 Å². The molecule has 0 bridgehead atoms. The molecule has 0 aliphatic heterocycles. The third-order valence-electron chi connectivity index (χ3n) is 2.59. The molecule has 7 heteroatoms. The first-order valence-electron chi connectivity index (χ1n) is 6.46. The van der Waals surface area contributed by atoms with Crippen LogP contribution in [0, 0.1) is 17.5 Å². The third kappa shape index (κ3) is 5.26. The number of carbonyl (C=O) groups excluding carboxylic acids is 1. The van der Waals surface area contributed by atoms with Gasteiger partial charge < -0.3 is 15.8 Å². The van der Waals surface area contributed by atoms with E-state index in [4.69, 9.17) is 10.5 Å². The van der Waals surface area contributed by atoms with Gasteiger partial charge in [0.05, 0.1) is 0 Å². The van der Waals surface area contributed by atoms with Crippen LogP contribution in [0.4, 0.5) is 18.0 Å². The van der Waals surface area contributed by atoms with Crippen molar-refractivity contribution in [2.45, 2.75) is 38.8 Å². The third-order valence-corrected chi connectivity index (χ3v) is 2.59. The number of nitrogens with one attached hydrogen (secondary N) is 1. The van der Waals surface area contributed by atoms with Crippen LogP contribution in [-0.4, -0.2) is 24.3 Å². The van der Waals surface area contributed by atoms with E-state index < -0.39 is 35.2 Å². The van der Waals surface area contributed by atoms with Crippen molar-refractivity contribution in [1.29, 1.82) is 0 Å². The smallest absolute Gasteiger partial charge is 0.407 e. The van der Waals surface area contributed by atoms with Crippen LogP contribution in [0.5, 0.6) is 0 Å². The van der Waals surface area contributed by atoms with E-state index in [1.54, 1.807) is 20.8 Å². The number of nitrogens with two attached hydrogens (primary N) is 1. The Bertz CT molecular complexity index is 516. The van der Waals surface area contributed by atoms with E-state index >= 15 is 0 Å². The predicted octanol–water partition coefficient (Wildman–Crippen LogP) is 2.50. The Kier molecular flexibility index (Phi) is 5.60. The molecular formula is C14H19F3N2O2. The lowest BCUT2D eigenvalue weighted by Crippen LogP contribution is -2.44. The zero-order chi connectivity index (χ0) is 16.2. The quantitative estimate of drug-likeness (QED) is 0.840. The highest BCUT2D eigenvalue weighted by molar-refractivity contribution is 5.68. The molecule has 0 aliphatic carbocycles. The normalized spacial score (nSPS) is 12.9. The summed E-state index contributed by atoms with van der Waals surface area (Å²) in [4.78, 5) is 11.6. The number of amides is 1. The lowest BCUT2D eigenvalue weighted by molar-refractivity contribution is 0.0505. The molecule has 1 amide bonds. The first-order chi connectivity index (χ1) is 9.64. The number of ether oxygens (including phenoxy) is 1. The maximum atomic E-state index is 13.6. The van der Waals surface area contributed by atoms with Crippen molar-refractivity contribution in [3.63, 3.8) is 0 Å². The van der Waals surface area contributed by atoms with Gasteiger partial charge in [-0.15, -0.1) is 0 Å². The molecule has 1 aromatic rings. The number of hydrogen-bond acceptors (Lipinski definition) is 3. The molecule has 0 fully saturated rings. The molecule has 0 saturated heterocycles. The molecule has 0 aliphatic rings. The van der Waals surface area contributed by atoms with E-state index in [9.17, 15) is 18.0 Å². The highest BCUT2D eigenvalue weighted by atomic mass is 19.2. The number of hydrogen-bond donors (Lipinski definition) is 2. The highest BCUT2D eigenvalue weighted by Crippen LogP contribution is 2.16. The van der Waals surface area contributed by atoms with Crippen LogP contribution < -0.4 is 11.1 Å². The van der Waals surface area contributed by atoms with E-state index in [1.165, 1.54) is 0 Å². The minimum absolute atomic E-state index is 0.00230. The maximum absolute atomic E-state index is 13.6. The summed E-state index contributed by atoms with van der Waals surface area (Å²) in [7, 11) is 0. The summed E-state index contributed by atoms with van der Waals surface area (Å²) in [5, 5.41) is 2.46. The van der Waals surface area contributed by atoms with Crippen molar-refractivity contribution in [1.82, 2.24) is 5.32 Å². The second-order valence-electron chi connectivity index (χ2n) is 5.62. The summed E-state index contributed by atoms with van der Waals surface area (Å²) in [6, 6.07) is 1.29. The monoisotopic (exact) mass is 304 g/mol. The topological polar surface area (TPSA) is 64.3 Å². The molecule has 0 spiro atoms. The lowest BCUT2D eigenvalue weighted by Gasteiger charge is -2.23. The second kappa shape index (κ2) is 6.80. The molecule has 0 saturated carbocycles. The molecule has 4 nitrogen and oxygen atoms in total. The van der Waals surface area contributed by atoms with Gasteiger partial charge in [-0.05, 0) is 38.8 Å². The average molecular weight is 304 g/mol. The summed E-state index contributed by atoms with van der Waals surface area (Å²) in [6.07, 6.45) is -0.778. The first-order valence-corrected chi connectivity index (χ1v) is 6.46. The highest BCUT2D eigenvalue weighted by Gasteiger charge is 2.21. The van der Waals surface area contributed by atoms with Gasteiger partial charge in [-0.3, -0.25) is 0 Å². The largest absolute Gasteiger partial charge is 0.444 e. The number of carbonyl (C=O) groups is 1. The van der Waals surface area contributed by atoms with Gasteiger partial charge in [-0.2, -0.15) is 0 Å². The van der Waals surface area contributed by atoms with Gasteiger partial charge in [0.25, 0.3) is 0 Å². The van der Waals surface area contributed by atoms with Crippen molar-refractivity contribution in [2.24, 2.45) is 5.73 Å². The number of benzene rings is 1. The first kappa shape index (κ1) is 17.3. The molecular weight excluding hydrogens is 285 g/mol. The molecule has 118 valence electrons. The Labute approximate surface area is 121 Å². The van der Waals surface area contributed by atoms with Crippen molar-refractivity contribution >= 4 is 6.09 Å². The van der Waals surface area contributed by atoms with Crippen LogP contribution in [0.1, 0.15) is 26.3 Å². The van der Waals surface area contributed by atoms with E-state index in [-0.39, 0.29) is 18.5 Å². The fourth-order valence-corrected chi connectivity index (χ4v) is 1.66. The average Bonchev–Trinajstić information content (AvgIpc) is 2.36. The van der Waals surface area contributed by atoms with E-state index in [2.05, 4.69) is 5.32 Å². The van der Waals surface area contributed by atoms with Crippen LogP contribution in [0.2, 0.25) is 0 Å². The van der Waals surface area contributed by atoms with Gasteiger partial charge in [0.1, 0.15) is 5.60 Å². The molecule has 0 heterocycles. The molecule has 1 rings (SSSR count). The summed E-state index contributed by atoms with van der Waals surface area (Å²) < 4.78 is 44.6. The van der Waals surface area contributed by atoms with Crippen molar-refractivity contribution in [3.05, 3.63) is 35.1 Å². The Morgan fingerprint density at radius 3 is 2.43 bits per heavy atom. The van der Waals surface area contributed by atoms with E-state index in [1.807, 2.05) is 0 Å². The van der Waals surface area contributed by atoms with Gasteiger partial charge in [-0.25, -0.2) is 18.0 Å². The van der Waals surface area contributed by atoms with Crippen LogP contribution in [0.3, 0.4) is 0 Å². The predicted molar refractivity (Wildman–Crippen MR) is 72.2 cm³/mol.